The van der Waals surface area contributed by atoms with Crippen molar-refractivity contribution in [2.45, 2.75) is 13.5 Å². The lowest BCUT2D eigenvalue weighted by Crippen LogP contribution is -1.97. The summed E-state index contributed by atoms with van der Waals surface area (Å²) in [6.45, 7) is 1.71. The average molecular weight is 243 g/mol. The maximum Gasteiger partial charge on any atom is 0.335 e. The van der Waals surface area contributed by atoms with E-state index in [2.05, 4.69) is 4.98 Å². The third-order valence-corrected chi connectivity index (χ3v) is 2.61. The minimum Gasteiger partial charge on any atom is -0.478 e. The largest absolute Gasteiger partial charge is 0.478 e. The molecule has 2 aromatic rings. The number of nitrogens with zero attached hydrogens (tertiary/aromatic N) is 1. The number of hydrogen-bond acceptors (Lipinski definition) is 3. The van der Waals surface area contributed by atoms with E-state index in [4.69, 9.17) is 10.2 Å². The van der Waals surface area contributed by atoms with Gasteiger partial charge in [-0.05, 0) is 42.3 Å². The van der Waals surface area contributed by atoms with E-state index in [1.165, 1.54) is 0 Å². The van der Waals surface area contributed by atoms with E-state index in [9.17, 15) is 4.79 Å². The van der Waals surface area contributed by atoms with Crippen LogP contribution in [0.4, 0.5) is 0 Å². The molecule has 0 bridgehead atoms. The normalized spacial score (nSPS) is 10.3. The van der Waals surface area contributed by atoms with Crippen molar-refractivity contribution in [3.8, 4) is 11.1 Å². The number of aromatic nitrogens is 1. The van der Waals surface area contributed by atoms with Crippen molar-refractivity contribution in [2.75, 3.05) is 0 Å². The summed E-state index contributed by atoms with van der Waals surface area (Å²) >= 11 is 0. The van der Waals surface area contributed by atoms with Crippen molar-refractivity contribution in [3.05, 3.63) is 53.3 Å². The van der Waals surface area contributed by atoms with Gasteiger partial charge < -0.3 is 10.2 Å². The Bertz CT molecular complexity index is 593. The molecule has 92 valence electrons. The lowest BCUT2D eigenvalue weighted by atomic mass is 10.0. The summed E-state index contributed by atoms with van der Waals surface area (Å²) in [5.41, 5.74) is 3.26. The number of aromatic carboxylic acids is 1. The number of carbonyl (C=O) groups is 1. The quantitative estimate of drug-likeness (QED) is 0.867. The Morgan fingerprint density at radius 2 is 2.00 bits per heavy atom. The fourth-order valence-corrected chi connectivity index (χ4v) is 1.82. The lowest BCUT2D eigenvalue weighted by molar-refractivity contribution is 0.0697. The molecule has 2 rings (SSSR count). The predicted octanol–water partition coefficient (Wildman–Crippen LogP) is 2.25. The van der Waals surface area contributed by atoms with Crippen LogP contribution in [0.3, 0.4) is 0 Å². The van der Waals surface area contributed by atoms with Crippen molar-refractivity contribution >= 4 is 5.97 Å². The fraction of sp³-hybridized carbons (Fsp3) is 0.143. The monoisotopic (exact) mass is 243 g/mol. The van der Waals surface area contributed by atoms with Crippen LogP contribution in [0.15, 0.2) is 36.4 Å². The molecule has 2 N–H and O–H groups in total. The first-order valence-corrected chi connectivity index (χ1v) is 5.52. The number of aliphatic hydroxyl groups excluding tert-OH is 1. The van der Waals surface area contributed by atoms with E-state index < -0.39 is 5.97 Å². The lowest BCUT2D eigenvalue weighted by Gasteiger charge is -2.06. The highest BCUT2D eigenvalue weighted by molar-refractivity contribution is 5.89. The first kappa shape index (κ1) is 12.3. The Balaban J connectivity index is 2.51. The number of carboxylic acids is 1. The van der Waals surface area contributed by atoms with Crippen LogP contribution in [0.2, 0.25) is 0 Å². The Morgan fingerprint density at radius 3 is 2.67 bits per heavy atom. The van der Waals surface area contributed by atoms with Gasteiger partial charge in [0.2, 0.25) is 0 Å². The van der Waals surface area contributed by atoms with Gasteiger partial charge in [-0.3, -0.25) is 4.98 Å². The molecule has 18 heavy (non-hydrogen) atoms. The van der Waals surface area contributed by atoms with E-state index in [0.29, 0.717) is 5.69 Å². The fourth-order valence-electron chi connectivity index (χ4n) is 1.82. The van der Waals surface area contributed by atoms with Gasteiger partial charge in [-0.15, -0.1) is 0 Å². The number of benzene rings is 1. The number of rotatable bonds is 3. The molecular weight excluding hydrogens is 230 g/mol. The summed E-state index contributed by atoms with van der Waals surface area (Å²) in [7, 11) is 0. The van der Waals surface area contributed by atoms with Gasteiger partial charge in [0.1, 0.15) is 0 Å². The summed E-state index contributed by atoms with van der Waals surface area (Å²) in [4.78, 5) is 15.1. The van der Waals surface area contributed by atoms with Crippen LogP contribution in [-0.2, 0) is 6.61 Å². The van der Waals surface area contributed by atoms with Gasteiger partial charge >= 0.3 is 5.97 Å². The van der Waals surface area contributed by atoms with Crippen LogP contribution < -0.4 is 0 Å². The van der Waals surface area contributed by atoms with E-state index in [1.54, 1.807) is 24.3 Å². The van der Waals surface area contributed by atoms with Crippen molar-refractivity contribution in [1.82, 2.24) is 4.98 Å². The zero-order valence-electron chi connectivity index (χ0n) is 9.92. The van der Waals surface area contributed by atoms with Crippen LogP contribution in [0.1, 0.15) is 21.7 Å². The van der Waals surface area contributed by atoms with Gasteiger partial charge in [0.25, 0.3) is 0 Å². The van der Waals surface area contributed by atoms with Crippen molar-refractivity contribution in [2.24, 2.45) is 0 Å². The van der Waals surface area contributed by atoms with Gasteiger partial charge in [0.15, 0.2) is 0 Å². The molecule has 0 amide bonds. The minimum absolute atomic E-state index is 0.132. The van der Waals surface area contributed by atoms with Gasteiger partial charge in [0.05, 0.1) is 17.9 Å². The zero-order valence-corrected chi connectivity index (χ0v) is 9.92. The van der Waals surface area contributed by atoms with Gasteiger partial charge in [-0.1, -0.05) is 12.1 Å². The van der Waals surface area contributed by atoms with E-state index in [-0.39, 0.29) is 12.2 Å². The number of aliphatic hydroxyl groups is 1. The SMILES string of the molecule is Cc1cc(-c2cccc(C(=O)O)c2)cc(CO)n1. The summed E-state index contributed by atoms with van der Waals surface area (Å²) in [6, 6.07) is 10.3. The second kappa shape index (κ2) is 4.98. The maximum absolute atomic E-state index is 10.9. The molecule has 0 saturated heterocycles. The summed E-state index contributed by atoms with van der Waals surface area (Å²) in [6.07, 6.45) is 0. The molecular formula is C14H13NO3. The Hall–Kier alpha value is -2.20. The molecule has 0 aliphatic carbocycles. The van der Waals surface area contributed by atoms with Crippen LogP contribution in [-0.4, -0.2) is 21.2 Å². The number of hydrogen-bond donors (Lipinski definition) is 2. The Kier molecular flexibility index (Phi) is 3.39. The molecule has 0 unspecified atom stereocenters. The number of carboxylic acid groups (broad SMARTS) is 1. The average Bonchev–Trinajstić information content (AvgIpc) is 2.38. The van der Waals surface area contributed by atoms with Crippen molar-refractivity contribution < 1.29 is 15.0 Å². The third kappa shape index (κ3) is 2.55. The maximum atomic E-state index is 10.9. The Labute approximate surface area is 105 Å². The number of aryl methyl sites for hydroxylation is 1. The summed E-state index contributed by atoms with van der Waals surface area (Å²) in [5, 5.41) is 18.1. The topological polar surface area (TPSA) is 70.4 Å². The first-order valence-electron chi connectivity index (χ1n) is 5.52. The highest BCUT2D eigenvalue weighted by atomic mass is 16.4. The highest BCUT2D eigenvalue weighted by Gasteiger charge is 2.06. The van der Waals surface area contributed by atoms with Crippen LogP contribution in [0.25, 0.3) is 11.1 Å². The second-order valence-corrected chi connectivity index (χ2v) is 4.03. The zero-order chi connectivity index (χ0) is 13.1. The van der Waals surface area contributed by atoms with E-state index in [1.807, 2.05) is 19.1 Å². The summed E-state index contributed by atoms with van der Waals surface area (Å²) < 4.78 is 0. The van der Waals surface area contributed by atoms with E-state index >= 15 is 0 Å². The predicted molar refractivity (Wildman–Crippen MR) is 67.3 cm³/mol. The molecule has 0 radical (unpaired) electrons. The molecule has 0 aliphatic heterocycles. The molecule has 4 nitrogen and oxygen atoms in total. The smallest absolute Gasteiger partial charge is 0.335 e. The molecule has 0 aliphatic rings. The molecule has 1 aromatic heterocycles. The molecule has 1 aromatic carbocycles. The van der Waals surface area contributed by atoms with E-state index in [0.717, 1.165) is 16.8 Å². The Morgan fingerprint density at radius 1 is 1.22 bits per heavy atom. The van der Waals surface area contributed by atoms with Crippen LogP contribution in [0, 0.1) is 6.92 Å². The van der Waals surface area contributed by atoms with Gasteiger partial charge in [0, 0.05) is 5.69 Å². The van der Waals surface area contributed by atoms with Gasteiger partial charge in [-0.25, -0.2) is 4.79 Å². The third-order valence-electron chi connectivity index (χ3n) is 2.61. The molecule has 0 fully saturated rings. The number of pyridine rings is 1. The minimum atomic E-state index is -0.954. The molecule has 0 atom stereocenters. The first-order chi connectivity index (χ1) is 8.60. The molecule has 4 heteroatoms. The second-order valence-electron chi connectivity index (χ2n) is 4.03. The van der Waals surface area contributed by atoms with Crippen LogP contribution in [0.5, 0.6) is 0 Å². The molecule has 0 saturated carbocycles. The molecule has 1 heterocycles. The standard InChI is InChI=1S/C14H13NO3/c1-9-5-12(7-13(8-16)15-9)10-3-2-4-11(6-10)14(17)18/h2-7,16H,8H2,1H3,(H,17,18). The van der Waals surface area contributed by atoms with Crippen molar-refractivity contribution in [1.29, 1.82) is 0 Å². The van der Waals surface area contributed by atoms with Crippen LogP contribution >= 0.6 is 0 Å². The van der Waals surface area contributed by atoms with Gasteiger partial charge in [-0.2, -0.15) is 0 Å². The summed E-state index contributed by atoms with van der Waals surface area (Å²) in [5.74, 6) is -0.954. The van der Waals surface area contributed by atoms with Crippen molar-refractivity contribution in [3.63, 3.8) is 0 Å². The highest BCUT2D eigenvalue weighted by Crippen LogP contribution is 2.22. The molecule has 0 spiro atoms.